The summed E-state index contributed by atoms with van der Waals surface area (Å²) in [6, 6.07) is 1.64. The van der Waals surface area contributed by atoms with Crippen molar-refractivity contribution in [1.29, 1.82) is 0 Å². The summed E-state index contributed by atoms with van der Waals surface area (Å²) in [5.74, 6) is 5.86. The van der Waals surface area contributed by atoms with Gasteiger partial charge in [0, 0.05) is 6.61 Å². The fraction of sp³-hybridized carbons (Fsp3) is 0.417. The third kappa shape index (κ3) is 4.05. The largest absolute Gasteiger partial charge is 0.463 e. The fourth-order valence-electron chi connectivity index (χ4n) is 1.42. The van der Waals surface area contributed by atoms with Gasteiger partial charge in [-0.3, -0.25) is 10.2 Å². The van der Waals surface area contributed by atoms with Crippen LogP contribution < -0.4 is 11.3 Å². The van der Waals surface area contributed by atoms with Crippen molar-refractivity contribution in [1.82, 2.24) is 5.43 Å². The van der Waals surface area contributed by atoms with Crippen LogP contribution in [-0.2, 0) is 11.3 Å². The number of nitrogen functional groups attached to an aromatic ring is 1. The van der Waals surface area contributed by atoms with E-state index in [2.05, 4.69) is 12.0 Å². The van der Waals surface area contributed by atoms with E-state index < -0.39 is 0 Å². The van der Waals surface area contributed by atoms with Gasteiger partial charge in [0.1, 0.15) is 18.1 Å². The molecule has 1 heterocycles. The molecule has 17 heavy (non-hydrogen) atoms. The molecule has 0 fully saturated rings. The Morgan fingerprint density at radius 3 is 3.12 bits per heavy atom. The summed E-state index contributed by atoms with van der Waals surface area (Å²) in [6.45, 7) is 6.34. The van der Waals surface area contributed by atoms with Gasteiger partial charge in [-0.05, 0) is 25.8 Å². The number of allylic oxidation sites excluding steroid dienone is 1. The van der Waals surface area contributed by atoms with Crippen molar-refractivity contribution in [2.24, 2.45) is 5.84 Å². The average molecular weight is 238 g/mol. The smallest absolute Gasteiger partial charge is 0.268 e. The van der Waals surface area contributed by atoms with Gasteiger partial charge in [-0.15, -0.1) is 6.58 Å². The Bertz CT molecular complexity index is 385. The van der Waals surface area contributed by atoms with Crippen LogP contribution in [0, 0.1) is 6.92 Å². The first-order chi connectivity index (χ1) is 8.19. The van der Waals surface area contributed by atoms with E-state index in [0.717, 1.165) is 12.8 Å². The number of hydrogen-bond acceptors (Lipinski definition) is 4. The van der Waals surface area contributed by atoms with Gasteiger partial charge >= 0.3 is 0 Å². The highest BCUT2D eigenvalue weighted by atomic mass is 16.5. The lowest BCUT2D eigenvalue weighted by Gasteiger charge is -1.99. The first-order valence-corrected chi connectivity index (χ1v) is 5.48. The molecule has 5 nitrogen and oxygen atoms in total. The van der Waals surface area contributed by atoms with Crippen LogP contribution in [0.25, 0.3) is 0 Å². The number of rotatable bonds is 7. The molecule has 1 rings (SSSR count). The minimum absolute atomic E-state index is 0.357. The Labute approximate surface area is 101 Å². The fourth-order valence-corrected chi connectivity index (χ4v) is 1.42. The number of aryl methyl sites for hydroxylation is 1. The number of carbonyl (C=O) groups excluding carboxylic acids is 1. The zero-order chi connectivity index (χ0) is 12.7. The Morgan fingerprint density at radius 2 is 2.47 bits per heavy atom. The summed E-state index contributed by atoms with van der Waals surface area (Å²) in [5, 5.41) is 0. The van der Waals surface area contributed by atoms with Gasteiger partial charge in [-0.1, -0.05) is 6.08 Å². The standard InChI is InChI=1S/C12H18N2O3/c1-3-4-5-6-16-8-10-7-11(9(2)17-10)12(15)14-13/h3,7H,1,4-6,8,13H2,2H3,(H,14,15). The maximum absolute atomic E-state index is 11.3. The van der Waals surface area contributed by atoms with E-state index in [-0.39, 0.29) is 5.91 Å². The Hall–Kier alpha value is -1.59. The van der Waals surface area contributed by atoms with Crippen molar-refractivity contribution in [2.45, 2.75) is 26.4 Å². The van der Waals surface area contributed by atoms with E-state index in [4.69, 9.17) is 15.0 Å². The lowest BCUT2D eigenvalue weighted by molar-refractivity contribution is 0.0952. The maximum atomic E-state index is 11.3. The summed E-state index contributed by atoms with van der Waals surface area (Å²) in [5.41, 5.74) is 2.51. The molecule has 0 spiro atoms. The molecule has 0 saturated heterocycles. The highest BCUT2D eigenvalue weighted by Crippen LogP contribution is 2.15. The summed E-state index contributed by atoms with van der Waals surface area (Å²) in [6.07, 6.45) is 3.71. The molecule has 0 aliphatic heterocycles. The SMILES string of the molecule is C=CCCCOCc1cc(C(=O)NN)c(C)o1. The third-order valence-corrected chi connectivity index (χ3v) is 2.29. The van der Waals surface area contributed by atoms with Gasteiger partial charge in [0.25, 0.3) is 5.91 Å². The molecule has 1 aromatic rings. The predicted molar refractivity (Wildman–Crippen MR) is 64.2 cm³/mol. The minimum atomic E-state index is -0.357. The average Bonchev–Trinajstić information content (AvgIpc) is 2.69. The first kappa shape index (κ1) is 13.5. The summed E-state index contributed by atoms with van der Waals surface area (Å²) < 4.78 is 10.8. The van der Waals surface area contributed by atoms with E-state index in [1.807, 2.05) is 6.08 Å². The zero-order valence-corrected chi connectivity index (χ0v) is 9.99. The topological polar surface area (TPSA) is 77.5 Å². The second-order valence-electron chi connectivity index (χ2n) is 3.64. The number of amides is 1. The molecule has 94 valence electrons. The monoisotopic (exact) mass is 238 g/mol. The molecule has 0 aliphatic rings. The summed E-state index contributed by atoms with van der Waals surface area (Å²) in [4.78, 5) is 11.3. The lowest BCUT2D eigenvalue weighted by Crippen LogP contribution is -2.30. The third-order valence-electron chi connectivity index (χ3n) is 2.29. The Kier molecular flexibility index (Phi) is 5.45. The molecule has 0 aromatic carbocycles. The number of nitrogens with two attached hydrogens (primary N) is 1. The van der Waals surface area contributed by atoms with Crippen LogP contribution in [0.5, 0.6) is 0 Å². The van der Waals surface area contributed by atoms with Crippen molar-refractivity contribution in [3.05, 3.63) is 35.8 Å². The van der Waals surface area contributed by atoms with Crippen molar-refractivity contribution in [3.8, 4) is 0 Å². The van der Waals surface area contributed by atoms with E-state index in [1.54, 1.807) is 13.0 Å². The first-order valence-electron chi connectivity index (χ1n) is 5.48. The minimum Gasteiger partial charge on any atom is -0.463 e. The van der Waals surface area contributed by atoms with E-state index in [0.29, 0.717) is 30.3 Å². The van der Waals surface area contributed by atoms with Crippen molar-refractivity contribution < 1.29 is 13.9 Å². The van der Waals surface area contributed by atoms with Gasteiger partial charge < -0.3 is 9.15 Å². The maximum Gasteiger partial charge on any atom is 0.268 e. The number of furan rings is 1. The van der Waals surface area contributed by atoms with Gasteiger partial charge in [-0.2, -0.15) is 0 Å². The molecule has 0 unspecified atom stereocenters. The number of hydrazine groups is 1. The number of ether oxygens (including phenoxy) is 1. The number of carbonyl (C=O) groups is 1. The van der Waals surface area contributed by atoms with Crippen LogP contribution in [-0.4, -0.2) is 12.5 Å². The number of unbranched alkanes of at least 4 members (excludes halogenated alkanes) is 1. The van der Waals surface area contributed by atoms with Crippen molar-refractivity contribution in [3.63, 3.8) is 0 Å². The molecule has 0 radical (unpaired) electrons. The Morgan fingerprint density at radius 1 is 1.71 bits per heavy atom. The van der Waals surface area contributed by atoms with E-state index in [9.17, 15) is 4.79 Å². The normalized spacial score (nSPS) is 10.2. The molecule has 5 heteroatoms. The summed E-state index contributed by atoms with van der Waals surface area (Å²) >= 11 is 0. The van der Waals surface area contributed by atoms with Crippen LogP contribution in [0.2, 0.25) is 0 Å². The highest BCUT2D eigenvalue weighted by molar-refractivity contribution is 5.94. The van der Waals surface area contributed by atoms with Crippen molar-refractivity contribution >= 4 is 5.91 Å². The van der Waals surface area contributed by atoms with Crippen LogP contribution in [0.1, 0.15) is 34.7 Å². The molecule has 0 aliphatic carbocycles. The molecule has 0 bridgehead atoms. The molecular weight excluding hydrogens is 220 g/mol. The molecule has 1 amide bonds. The van der Waals surface area contributed by atoms with E-state index >= 15 is 0 Å². The van der Waals surface area contributed by atoms with Gasteiger partial charge in [-0.25, -0.2) is 5.84 Å². The zero-order valence-electron chi connectivity index (χ0n) is 9.99. The molecule has 0 saturated carbocycles. The van der Waals surface area contributed by atoms with Crippen LogP contribution in [0.15, 0.2) is 23.1 Å². The van der Waals surface area contributed by atoms with Crippen LogP contribution >= 0.6 is 0 Å². The predicted octanol–water partition coefficient (Wildman–Crippen LogP) is 1.67. The molecular formula is C12H18N2O3. The second kappa shape index (κ2) is 6.88. The van der Waals surface area contributed by atoms with Gasteiger partial charge in [0.2, 0.25) is 0 Å². The summed E-state index contributed by atoms with van der Waals surface area (Å²) in [7, 11) is 0. The molecule has 3 N–H and O–H groups in total. The number of hydrogen-bond donors (Lipinski definition) is 2. The molecule has 0 atom stereocenters. The van der Waals surface area contributed by atoms with E-state index in [1.165, 1.54) is 0 Å². The quantitative estimate of drug-likeness (QED) is 0.249. The van der Waals surface area contributed by atoms with Crippen LogP contribution in [0.3, 0.4) is 0 Å². The van der Waals surface area contributed by atoms with Gasteiger partial charge in [0.05, 0.1) is 5.56 Å². The van der Waals surface area contributed by atoms with Crippen molar-refractivity contribution in [2.75, 3.05) is 6.61 Å². The highest BCUT2D eigenvalue weighted by Gasteiger charge is 2.13. The van der Waals surface area contributed by atoms with Gasteiger partial charge in [0.15, 0.2) is 0 Å². The van der Waals surface area contributed by atoms with Crippen LogP contribution in [0.4, 0.5) is 0 Å². The number of nitrogens with one attached hydrogen (secondary N) is 1. The Balaban J connectivity index is 2.44. The second-order valence-corrected chi connectivity index (χ2v) is 3.64. The lowest BCUT2D eigenvalue weighted by atomic mass is 10.2. The molecule has 1 aromatic heterocycles.